The zero-order valence-corrected chi connectivity index (χ0v) is 18.1. The average molecular weight is 437 g/mol. The fourth-order valence-electron chi connectivity index (χ4n) is 2.45. The first-order valence-corrected chi connectivity index (χ1v) is 10.6. The molecule has 9 heteroatoms. The summed E-state index contributed by atoms with van der Waals surface area (Å²) in [7, 11) is 1.62. The van der Waals surface area contributed by atoms with Gasteiger partial charge in [0, 0.05) is 6.54 Å². The van der Waals surface area contributed by atoms with Crippen LogP contribution in [0.3, 0.4) is 0 Å². The molecule has 0 spiro atoms. The van der Waals surface area contributed by atoms with Gasteiger partial charge in [-0.3, -0.25) is 4.79 Å². The summed E-state index contributed by atoms with van der Waals surface area (Å²) in [4.78, 5) is 16.3. The second-order valence-electron chi connectivity index (χ2n) is 6.49. The van der Waals surface area contributed by atoms with Gasteiger partial charge in [-0.15, -0.1) is 5.10 Å². The highest BCUT2D eigenvalue weighted by Crippen LogP contribution is 2.14. The molecular weight excluding hydrogens is 412 g/mol. The molecule has 0 saturated carbocycles. The SMILES string of the molecule is COc1ccc(CNC(=O)CSc2n[nH]c(N/N=C(C)/C=C/c3ccccc3)n2)cc1. The van der Waals surface area contributed by atoms with Crippen molar-refractivity contribution in [2.45, 2.75) is 18.6 Å². The predicted octanol–water partition coefficient (Wildman–Crippen LogP) is 3.72. The maximum Gasteiger partial charge on any atom is 0.240 e. The molecule has 0 saturated heterocycles. The summed E-state index contributed by atoms with van der Waals surface area (Å²) in [6.45, 7) is 2.33. The molecule has 31 heavy (non-hydrogen) atoms. The van der Waals surface area contributed by atoms with Crippen LogP contribution in [0.25, 0.3) is 6.08 Å². The number of aromatic amines is 1. The lowest BCUT2D eigenvalue weighted by Gasteiger charge is -2.05. The number of nitrogens with one attached hydrogen (secondary N) is 3. The molecule has 0 atom stereocenters. The standard InChI is InChI=1S/C22H24N6O2S/c1-16(8-9-17-6-4-3-5-7-17)25-26-21-24-22(28-27-21)31-15-20(29)23-14-18-10-12-19(30-2)13-11-18/h3-13H,14-15H2,1-2H3,(H,23,29)(H2,24,26,27,28)/b9-8+,25-16+. The number of hydrazone groups is 1. The Morgan fingerprint density at radius 3 is 2.71 bits per heavy atom. The molecule has 2 aromatic carbocycles. The van der Waals surface area contributed by atoms with E-state index in [0.29, 0.717) is 17.6 Å². The number of allylic oxidation sites excluding steroid dienone is 1. The van der Waals surface area contributed by atoms with Crippen molar-refractivity contribution in [3.63, 3.8) is 0 Å². The maximum atomic E-state index is 12.1. The summed E-state index contributed by atoms with van der Waals surface area (Å²) in [6.07, 6.45) is 3.88. The number of carbonyl (C=O) groups excluding carboxylic acids is 1. The van der Waals surface area contributed by atoms with Gasteiger partial charge in [-0.2, -0.15) is 10.1 Å². The molecule has 0 bridgehead atoms. The second-order valence-corrected chi connectivity index (χ2v) is 7.43. The lowest BCUT2D eigenvalue weighted by molar-refractivity contribution is -0.118. The van der Waals surface area contributed by atoms with Crippen LogP contribution in [-0.4, -0.2) is 39.7 Å². The van der Waals surface area contributed by atoms with Crippen molar-refractivity contribution in [3.8, 4) is 5.75 Å². The van der Waals surface area contributed by atoms with Crippen LogP contribution in [0.2, 0.25) is 0 Å². The predicted molar refractivity (Wildman–Crippen MR) is 124 cm³/mol. The molecule has 1 amide bonds. The van der Waals surface area contributed by atoms with E-state index in [0.717, 1.165) is 22.6 Å². The molecule has 1 heterocycles. The van der Waals surface area contributed by atoms with Crippen molar-refractivity contribution in [1.82, 2.24) is 20.5 Å². The number of carbonyl (C=O) groups is 1. The monoisotopic (exact) mass is 436 g/mol. The van der Waals surface area contributed by atoms with Crippen LogP contribution in [0.5, 0.6) is 5.75 Å². The van der Waals surface area contributed by atoms with Crippen molar-refractivity contribution in [3.05, 3.63) is 71.8 Å². The lowest BCUT2D eigenvalue weighted by atomic mass is 10.2. The first-order chi connectivity index (χ1) is 15.1. The Balaban J connectivity index is 1.40. The second kappa shape index (κ2) is 11.6. The van der Waals surface area contributed by atoms with Crippen LogP contribution in [-0.2, 0) is 11.3 Å². The molecule has 0 aliphatic heterocycles. The highest BCUT2D eigenvalue weighted by molar-refractivity contribution is 7.99. The van der Waals surface area contributed by atoms with Gasteiger partial charge in [0.05, 0.1) is 18.6 Å². The average Bonchev–Trinajstić information content (AvgIpc) is 3.27. The highest BCUT2D eigenvalue weighted by Gasteiger charge is 2.07. The van der Waals surface area contributed by atoms with Crippen molar-refractivity contribution >= 4 is 35.4 Å². The Morgan fingerprint density at radius 1 is 1.19 bits per heavy atom. The number of rotatable bonds is 10. The number of nitrogens with zero attached hydrogens (tertiary/aromatic N) is 3. The Morgan fingerprint density at radius 2 is 1.97 bits per heavy atom. The highest BCUT2D eigenvalue weighted by atomic mass is 32.2. The largest absolute Gasteiger partial charge is 0.497 e. The van der Waals surface area contributed by atoms with E-state index in [2.05, 4.69) is 31.0 Å². The third-order valence-corrected chi connectivity index (χ3v) is 4.95. The normalized spacial score (nSPS) is 11.5. The minimum atomic E-state index is -0.0972. The first kappa shape index (κ1) is 22.1. The van der Waals surface area contributed by atoms with Crippen LogP contribution >= 0.6 is 11.8 Å². The van der Waals surface area contributed by atoms with Crippen LogP contribution in [0.1, 0.15) is 18.1 Å². The summed E-state index contributed by atoms with van der Waals surface area (Å²) < 4.78 is 5.12. The van der Waals surface area contributed by atoms with Gasteiger partial charge in [-0.1, -0.05) is 60.3 Å². The van der Waals surface area contributed by atoms with Crippen LogP contribution < -0.4 is 15.5 Å². The minimum absolute atomic E-state index is 0.0972. The summed E-state index contributed by atoms with van der Waals surface area (Å²) in [5.74, 6) is 1.32. The van der Waals surface area contributed by atoms with Crippen LogP contribution in [0, 0.1) is 0 Å². The lowest BCUT2D eigenvalue weighted by Crippen LogP contribution is -2.24. The number of methoxy groups -OCH3 is 1. The number of anilines is 1. The first-order valence-electron chi connectivity index (χ1n) is 9.60. The van der Waals surface area contributed by atoms with E-state index in [1.54, 1.807) is 7.11 Å². The summed E-state index contributed by atoms with van der Waals surface area (Å²) in [5, 5.41) is 14.4. The van der Waals surface area contributed by atoms with Crippen LogP contribution in [0.4, 0.5) is 5.95 Å². The Kier molecular flexibility index (Phi) is 8.24. The van der Waals surface area contributed by atoms with Gasteiger partial charge < -0.3 is 10.1 Å². The number of thioether (sulfide) groups is 1. The van der Waals surface area contributed by atoms with E-state index in [9.17, 15) is 4.79 Å². The Bertz CT molecular complexity index is 1030. The molecule has 0 radical (unpaired) electrons. The van der Waals surface area contributed by atoms with Gasteiger partial charge in [0.25, 0.3) is 0 Å². The molecule has 0 fully saturated rings. The zero-order chi connectivity index (χ0) is 21.9. The zero-order valence-electron chi connectivity index (χ0n) is 17.3. The van der Waals surface area contributed by atoms with Crippen molar-refractivity contribution in [1.29, 1.82) is 0 Å². The smallest absolute Gasteiger partial charge is 0.240 e. The van der Waals surface area contributed by atoms with Crippen molar-refractivity contribution in [2.75, 3.05) is 18.3 Å². The summed E-state index contributed by atoms with van der Waals surface area (Å²) in [6, 6.07) is 17.5. The van der Waals surface area contributed by atoms with E-state index in [1.165, 1.54) is 11.8 Å². The molecule has 3 rings (SSSR count). The van der Waals surface area contributed by atoms with E-state index in [-0.39, 0.29) is 11.7 Å². The maximum absolute atomic E-state index is 12.1. The number of aromatic nitrogens is 3. The summed E-state index contributed by atoms with van der Waals surface area (Å²) >= 11 is 1.24. The van der Waals surface area contributed by atoms with Crippen LogP contribution in [0.15, 0.2) is 70.9 Å². The minimum Gasteiger partial charge on any atom is -0.497 e. The molecule has 8 nitrogen and oxygen atoms in total. The topological polar surface area (TPSA) is 104 Å². The Labute approximate surface area is 185 Å². The molecule has 3 N–H and O–H groups in total. The van der Waals surface area contributed by atoms with E-state index < -0.39 is 0 Å². The fraction of sp³-hybridized carbons (Fsp3) is 0.182. The molecule has 0 aliphatic carbocycles. The molecule has 1 aromatic heterocycles. The fourth-order valence-corrected chi connectivity index (χ4v) is 3.07. The van der Waals surface area contributed by atoms with Gasteiger partial charge in [0.1, 0.15) is 5.75 Å². The molecule has 0 unspecified atom stereocenters. The summed E-state index contributed by atoms with van der Waals surface area (Å²) in [5.41, 5.74) is 5.71. The number of ether oxygens (including phenoxy) is 1. The Hall–Kier alpha value is -3.59. The van der Waals surface area contributed by atoms with Gasteiger partial charge in [0.2, 0.25) is 17.0 Å². The van der Waals surface area contributed by atoms with E-state index in [1.807, 2.05) is 73.7 Å². The molecule has 160 valence electrons. The molecule has 0 aliphatic rings. The number of benzene rings is 2. The quantitative estimate of drug-likeness (QED) is 0.254. The number of amides is 1. The van der Waals surface area contributed by atoms with Crippen molar-refractivity contribution in [2.24, 2.45) is 5.10 Å². The molecule has 3 aromatic rings. The third kappa shape index (κ3) is 7.63. The van der Waals surface area contributed by atoms with Gasteiger partial charge in [0.15, 0.2) is 0 Å². The molecular formula is C22H24N6O2S. The van der Waals surface area contributed by atoms with Gasteiger partial charge in [-0.05, 0) is 36.3 Å². The van der Waals surface area contributed by atoms with Gasteiger partial charge >= 0.3 is 0 Å². The van der Waals surface area contributed by atoms with E-state index >= 15 is 0 Å². The number of hydrogen-bond donors (Lipinski definition) is 3. The van der Waals surface area contributed by atoms with E-state index in [4.69, 9.17) is 4.74 Å². The number of hydrogen-bond acceptors (Lipinski definition) is 7. The van der Waals surface area contributed by atoms with Crippen molar-refractivity contribution < 1.29 is 9.53 Å². The third-order valence-electron chi connectivity index (χ3n) is 4.10. The van der Waals surface area contributed by atoms with Gasteiger partial charge in [-0.25, -0.2) is 10.5 Å². The number of H-pyrrole nitrogens is 1.